The molecule has 2 aliphatic carbocycles. The molecule has 0 radical (unpaired) electrons. The quantitative estimate of drug-likeness (QED) is 0.115. The van der Waals surface area contributed by atoms with Crippen LogP contribution in [-0.2, 0) is 20.7 Å². The summed E-state index contributed by atoms with van der Waals surface area (Å²) in [6.45, 7) is 7.86. The first kappa shape index (κ1) is 36.1. The molecule has 3 amide bonds. The molecule has 0 spiro atoms. The van der Waals surface area contributed by atoms with Gasteiger partial charge in [0.25, 0.3) is 11.5 Å². The Morgan fingerprint density at radius 3 is 2.40 bits per heavy atom. The van der Waals surface area contributed by atoms with Crippen LogP contribution in [-0.4, -0.2) is 56.3 Å². The maximum absolute atomic E-state index is 15.3. The Morgan fingerprint density at radius 2 is 1.72 bits per heavy atom. The molecule has 2 heterocycles. The number of hydrogen-bond donors (Lipinski definition) is 5. The van der Waals surface area contributed by atoms with Crippen molar-refractivity contribution in [2.75, 3.05) is 11.4 Å². The van der Waals surface area contributed by atoms with E-state index in [0.29, 0.717) is 38.1 Å². The van der Waals surface area contributed by atoms with E-state index in [4.69, 9.17) is 15.5 Å². The van der Waals surface area contributed by atoms with Crippen molar-refractivity contribution < 1.29 is 23.5 Å². The Hall–Kier alpha value is -5.30. The Morgan fingerprint density at radius 1 is 1.00 bits per heavy atom. The molecule has 2 fully saturated rings. The van der Waals surface area contributed by atoms with Crippen molar-refractivity contribution in [1.29, 1.82) is 0 Å². The number of aryl methyl sites for hydroxylation is 1. The summed E-state index contributed by atoms with van der Waals surface area (Å²) >= 11 is 0. The number of hydrogen-bond acceptors (Lipinski definition) is 7. The van der Waals surface area contributed by atoms with Gasteiger partial charge in [-0.3, -0.25) is 24.6 Å². The van der Waals surface area contributed by atoms with Gasteiger partial charge in [-0.25, -0.2) is 19.1 Å². The van der Waals surface area contributed by atoms with E-state index < -0.39 is 46.8 Å². The smallest absolute Gasteiger partial charge is 0.407 e. The number of H-pyrrole nitrogens is 3. The predicted molar refractivity (Wildman–Crippen MR) is 201 cm³/mol. The predicted octanol–water partition coefficient (Wildman–Crippen LogP) is 6.49. The first-order chi connectivity index (χ1) is 25.2. The summed E-state index contributed by atoms with van der Waals surface area (Å²) in [5, 5.41) is 7.60. The van der Waals surface area contributed by atoms with Crippen molar-refractivity contribution in [3.8, 4) is 11.1 Å². The number of carbonyl (C=O) groups excluding carboxylic acids is 3. The van der Waals surface area contributed by atoms with E-state index in [1.165, 1.54) is 18.9 Å². The number of fused-ring (bicyclic) bond motifs is 2. The SMILES string of the molecule is Cc1cc2[nH]c(C3CC3)nc2cc1-c1ccc(C[C@H](N)C(=O)N(c2cc(F)c3c(=O)[nH][nH]c3c2)C(=O)[C@H]2CC[C@H](CNC(=O)OC(C)(C)C)CC2)cc1. The fourth-order valence-electron chi connectivity index (χ4n) is 7.31. The van der Waals surface area contributed by atoms with E-state index in [2.05, 4.69) is 39.6 Å². The molecule has 6 N–H and O–H groups in total. The van der Waals surface area contributed by atoms with Crippen LogP contribution in [0.3, 0.4) is 0 Å². The fourth-order valence-corrected chi connectivity index (χ4v) is 7.31. The Kier molecular flexibility index (Phi) is 9.71. The number of halogens is 1. The lowest BCUT2D eigenvalue weighted by molar-refractivity contribution is -0.130. The van der Waals surface area contributed by atoms with Crippen LogP contribution in [0, 0.1) is 24.6 Å². The van der Waals surface area contributed by atoms with Gasteiger partial charge in [0, 0.05) is 18.4 Å². The summed E-state index contributed by atoms with van der Waals surface area (Å²) in [6.07, 6.45) is 4.19. The number of nitrogens with one attached hydrogen (secondary N) is 4. The molecule has 13 heteroatoms. The number of ether oxygens (including phenoxy) is 1. The maximum Gasteiger partial charge on any atom is 0.407 e. The second kappa shape index (κ2) is 14.3. The van der Waals surface area contributed by atoms with Crippen LogP contribution >= 0.6 is 0 Å². The lowest BCUT2D eigenvalue weighted by Gasteiger charge is -2.32. The van der Waals surface area contributed by atoms with Gasteiger partial charge in [0.05, 0.1) is 28.3 Å². The third-order valence-electron chi connectivity index (χ3n) is 10.3. The lowest BCUT2D eigenvalue weighted by atomic mass is 9.81. The third-order valence-corrected chi connectivity index (χ3v) is 10.3. The average molecular weight is 724 g/mol. The molecular formula is C40H46FN7O5. The average Bonchev–Trinajstić information content (AvgIpc) is 3.78. The van der Waals surface area contributed by atoms with Crippen molar-refractivity contribution in [3.63, 3.8) is 0 Å². The van der Waals surface area contributed by atoms with Crippen molar-refractivity contribution in [2.24, 2.45) is 17.6 Å². The Bertz CT molecular complexity index is 2240. The van der Waals surface area contributed by atoms with Gasteiger partial charge in [-0.1, -0.05) is 24.3 Å². The molecule has 12 nitrogen and oxygen atoms in total. The van der Waals surface area contributed by atoms with Crippen LogP contribution in [0.4, 0.5) is 14.9 Å². The van der Waals surface area contributed by atoms with Crippen molar-refractivity contribution in [1.82, 2.24) is 25.5 Å². The molecule has 1 atom stereocenters. The second-order valence-corrected chi connectivity index (χ2v) is 15.6. The summed E-state index contributed by atoms with van der Waals surface area (Å²) in [4.78, 5) is 62.0. The van der Waals surface area contributed by atoms with Gasteiger partial charge >= 0.3 is 6.09 Å². The highest BCUT2D eigenvalue weighted by atomic mass is 19.1. The van der Waals surface area contributed by atoms with E-state index in [1.54, 1.807) is 20.8 Å². The van der Waals surface area contributed by atoms with E-state index in [9.17, 15) is 19.2 Å². The molecule has 0 bridgehead atoms. The molecule has 53 heavy (non-hydrogen) atoms. The number of imide groups is 1. The minimum absolute atomic E-state index is 0.00570. The Balaban J connectivity index is 1.07. The minimum Gasteiger partial charge on any atom is -0.444 e. The zero-order chi connectivity index (χ0) is 37.6. The summed E-state index contributed by atoms with van der Waals surface area (Å²) in [6, 6.07) is 13.4. The molecule has 0 unspecified atom stereocenters. The van der Waals surface area contributed by atoms with Gasteiger partial charge in [-0.2, -0.15) is 0 Å². The molecule has 5 aromatic rings. The summed E-state index contributed by atoms with van der Waals surface area (Å²) in [5.74, 6) is -0.840. The largest absolute Gasteiger partial charge is 0.444 e. The first-order valence-corrected chi connectivity index (χ1v) is 18.3. The normalized spacial score (nSPS) is 18.2. The van der Waals surface area contributed by atoms with Gasteiger partial charge in [-0.05, 0) is 125 Å². The zero-order valence-corrected chi connectivity index (χ0v) is 30.5. The molecule has 3 aromatic carbocycles. The highest BCUT2D eigenvalue weighted by Gasteiger charge is 2.36. The van der Waals surface area contributed by atoms with Crippen molar-refractivity contribution >= 4 is 45.5 Å². The molecule has 2 aromatic heterocycles. The van der Waals surface area contributed by atoms with Gasteiger partial charge in [0.15, 0.2) is 0 Å². The molecule has 0 saturated heterocycles. The second-order valence-electron chi connectivity index (χ2n) is 15.6. The molecule has 0 aliphatic heterocycles. The first-order valence-electron chi connectivity index (χ1n) is 18.3. The zero-order valence-electron chi connectivity index (χ0n) is 30.5. The number of alkyl carbamates (subject to hydrolysis) is 1. The van der Waals surface area contributed by atoms with Crippen molar-refractivity contribution in [3.05, 3.63) is 81.7 Å². The number of nitrogens with zero attached hydrogens (tertiary/aromatic N) is 2. The van der Waals surface area contributed by atoms with Crippen LogP contribution in [0.2, 0.25) is 0 Å². The molecule has 7 rings (SSSR count). The number of aromatic amines is 3. The number of rotatable bonds is 9. The lowest BCUT2D eigenvalue weighted by Crippen LogP contribution is -2.50. The van der Waals surface area contributed by atoms with Gasteiger partial charge < -0.3 is 20.8 Å². The minimum atomic E-state index is -1.12. The number of aromatic nitrogens is 4. The number of anilines is 1. The molecule has 2 saturated carbocycles. The van der Waals surface area contributed by atoms with Crippen LogP contribution in [0.25, 0.3) is 33.1 Å². The number of imidazole rings is 1. The number of carbonyl (C=O) groups is 3. The van der Waals surface area contributed by atoms with Crippen LogP contribution in [0.5, 0.6) is 0 Å². The van der Waals surface area contributed by atoms with Gasteiger partial charge in [-0.15, -0.1) is 0 Å². The summed E-state index contributed by atoms with van der Waals surface area (Å²) < 4.78 is 20.6. The van der Waals surface area contributed by atoms with Gasteiger partial charge in [0.1, 0.15) is 22.6 Å². The molecular weight excluding hydrogens is 677 g/mol. The van der Waals surface area contributed by atoms with Gasteiger partial charge in [0.2, 0.25) is 5.91 Å². The van der Waals surface area contributed by atoms with E-state index in [0.717, 1.165) is 50.1 Å². The third kappa shape index (κ3) is 7.90. The Labute approximate surface area is 306 Å². The highest BCUT2D eigenvalue weighted by molar-refractivity contribution is 6.17. The van der Waals surface area contributed by atoms with E-state index >= 15 is 4.39 Å². The standard InChI is InChI=1S/C40H46FN7O5/c1-21-15-31-32(45-35(44-31)25-13-14-25)19-28(21)24-9-5-22(6-10-24)16-30(42)38(51)48(27-17-29(41)34-33(18-27)46-47-36(34)49)37(50)26-11-7-23(8-12-26)20-43-39(52)53-40(2,3)4/h5-6,9-10,15,17-19,23,25-26,30H,7-8,11-14,16,20,42H2,1-4H3,(H,43,52)(H,44,45)(H2,46,47,49)/t23-,26-,30-/m0/s1. The topological polar surface area (TPSA) is 179 Å². The van der Waals surface area contributed by atoms with Crippen LogP contribution in [0.1, 0.15) is 82.2 Å². The van der Waals surface area contributed by atoms with E-state index in [-0.39, 0.29) is 28.9 Å². The van der Waals surface area contributed by atoms with Crippen LogP contribution in [0.15, 0.2) is 53.3 Å². The summed E-state index contributed by atoms with van der Waals surface area (Å²) in [5.41, 5.74) is 11.3. The highest BCUT2D eigenvalue weighted by Crippen LogP contribution is 2.40. The maximum atomic E-state index is 15.3. The number of benzene rings is 3. The number of amides is 3. The van der Waals surface area contributed by atoms with Crippen molar-refractivity contribution in [2.45, 2.75) is 90.2 Å². The fraction of sp³-hybridized carbons (Fsp3) is 0.425. The monoisotopic (exact) mass is 723 g/mol. The molecule has 2 aliphatic rings. The molecule has 278 valence electrons. The number of nitrogens with two attached hydrogens (primary N) is 1. The van der Waals surface area contributed by atoms with Crippen LogP contribution < -0.4 is 21.5 Å². The van der Waals surface area contributed by atoms with E-state index in [1.807, 2.05) is 24.3 Å². The summed E-state index contributed by atoms with van der Waals surface area (Å²) in [7, 11) is 0.